The van der Waals surface area contributed by atoms with E-state index >= 15 is 0 Å². The number of hydrogen-bond donors (Lipinski definition) is 4. The largest absolute Gasteiger partial charge is 0.449 e. The molecule has 1 aliphatic carbocycles. The lowest BCUT2D eigenvalue weighted by Crippen LogP contribution is -2.34. The number of rotatable bonds is 6. The molecule has 2 amide bonds. The molecule has 4 N–H and O–H groups in total. The van der Waals surface area contributed by atoms with E-state index in [1.807, 2.05) is 33.8 Å². The molecule has 0 atom stereocenters. The summed E-state index contributed by atoms with van der Waals surface area (Å²) in [5, 5.41) is 16.3. The molecule has 0 unspecified atom stereocenters. The number of amides is 2. The van der Waals surface area contributed by atoms with Crippen LogP contribution in [0.3, 0.4) is 0 Å². The van der Waals surface area contributed by atoms with Gasteiger partial charge in [-0.25, -0.2) is 9.78 Å². The van der Waals surface area contributed by atoms with E-state index in [9.17, 15) is 9.59 Å². The topological polar surface area (TPSA) is 121 Å². The Labute approximate surface area is 175 Å². The van der Waals surface area contributed by atoms with Crippen molar-refractivity contribution in [2.45, 2.75) is 58.0 Å². The van der Waals surface area contributed by atoms with Crippen LogP contribution in [0.2, 0.25) is 0 Å². The number of pyridine rings is 1. The van der Waals surface area contributed by atoms with Crippen molar-refractivity contribution in [3.63, 3.8) is 0 Å². The summed E-state index contributed by atoms with van der Waals surface area (Å²) in [6.07, 6.45) is 1.55. The van der Waals surface area contributed by atoms with Crippen molar-refractivity contribution < 1.29 is 14.3 Å². The Morgan fingerprint density at radius 3 is 2.80 bits per heavy atom. The normalized spacial score (nSPS) is 21.6. The van der Waals surface area contributed by atoms with Crippen LogP contribution in [0.25, 0.3) is 0 Å². The SMILES string of the molecule is CC(C)NC(=O)OCC1CC(c2cc(Nc3ccc4c(n3)C(C)(C)NC4=O)n[nH]2)C1. The molecular formula is C21H28N6O3. The first kappa shape index (κ1) is 20.2. The Morgan fingerprint density at radius 2 is 2.07 bits per heavy atom. The Morgan fingerprint density at radius 1 is 1.30 bits per heavy atom. The maximum absolute atomic E-state index is 12.0. The van der Waals surface area contributed by atoms with Crippen LogP contribution in [0.5, 0.6) is 0 Å². The molecule has 9 heteroatoms. The zero-order valence-electron chi connectivity index (χ0n) is 17.7. The summed E-state index contributed by atoms with van der Waals surface area (Å²) >= 11 is 0. The van der Waals surface area contributed by atoms with E-state index < -0.39 is 5.54 Å². The molecule has 1 fully saturated rings. The molecule has 0 aromatic carbocycles. The number of nitrogens with one attached hydrogen (secondary N) is 4. The minimum Gasteiger partial charge on any atom is -0.449 e. The third-order valence-electron chi connectivity index (χ3n) is 5.54. The first-order valence-corrected chi connectivity index (χ1v) is 10.3. The second-order valence-electron chi connectivity index (χ2n) is 8.94. The van der Waals surface area contributed by atoms with E-state index in [0.29, 0.717) is 35.6 Å². The smallest absolute Gasteiger partial charge is 0.407 e. The van der Waals surface area contributed by atoms with Gasteiger partial charge in [0.25, 0.3) is 5.91 Å². The maximum Gasteiger partial charge on any atom is 0.407 e. The van der Waals surface area contributed by atoms with Gasteiger partial charge in [0.1, 0.15) is 5.82 Å². The summed E-state index contributed by atoms with van der Waals surface area (Å²) < 4.78 is 5.26. The van der Waals surface area contributed by atoms with Gasteiger partial charge in [0.05, 0.1) is 23.4 Å². The summed E-state index contributed by atoms with van der Waals surface area (Å²) in [5.74, 6) is 1.99. The number of anilines is 2. The van der Waals surface area contributed by atoms with Crippen LogP contribution >= 0.6 is 0 Å². The van der Waals surface area contributed by atoms with E-state index in [2.05, 4.69) is 31.1 Å². The summed E-state index contributed by atoms with van der Waals surface area (Å²) in [6, 6.07) is 5.63. The van der Waals surface area contributed by atoms with Gasteiger partial charge in [-0.3, -0.25) is 9.89 Å². The Hall–Kier alpha value is -3.10. The third-order valence-corrected chi connectivity index (χ3v) is 5.54. The summed E-state index contributed by atoms with van der Waals surface area (Å²) in [4.78, 5) is 28.2. The van der Waals surface area contributed by atoms with E-state index in [1.54, 1.807) is 12.1 Å². The van der Waals surface area contributed by atoms with Crippen molar-refractivity contribution in [2.24, 2.45) is 5.92 Å². The van der Waals surface area contributed by atoms with Crippen LogP contribution < -0.4 is 16.0 Å². The standard InChI is InChI=1S/C21H28N6O3/c1-11(2)22-20(29)30-10-12-7-13(8-12)15-9-17(27-26-15)23-16-6-5-14-18(24-16)21(3,4)25-19(14)28/h5-6,9,11-13H,7-8,10H2,1-4H3,(H,22,29)(H,25,28)(H2,23,24,26,27). The van der Waals surface area contributed by atoms with Gasteiger partial charge in [0, 0.05) is 23.7 Å². The average Bonchev–Trinajstić information content (AvgIpc) is 3.15. The van der Waals surface area contributed by atoms with Crippen molar-refractivity contribution in [3.8, 4) is 0 Å². The molecule has 4 rings (SSSR count). The molecule has 3 heterocycles. The zero-order chi connectivity index (χ0) is 21.5. The predicted molar refractivity (Wildman–Crippen MR) is 112 cm³/mol. The molecule has 30 heavy (non-hydrogen) atoms. The van der Waals surface area contributed by atoms with E-state index in [-0.39, 0.29) is 18.0 Å². The number of ether oxygens (including phenoxy) is 1. The van der Waals surface area contributed by atoms with Crippen LogP contribution in [0.1, 0.15) is 68.2 Å². The van der Waals surface area contributed by atoms with Gasteiger partial charge in [-0.05, 0) is 58.6 Å². The van der Waals surface area contributed by atoms with Crippen molar-refractivity contribution in [2.75, 3.05) is 11.9 Å². The van der Waals surface area contributed by atoms with Crippen molar-refractivity contribution in [1.82, 2.24) is 25.8 Å². The molecular weight excluding hydrogens is 384 g/mol. The molecule has 0 radical (unpaired) electrons. The number of carbonyl (C=O) groups is 2. The second kappa shape index (κ2) is 7.62. The fraction of sp³-hybridized carbons (Fsp3) is 0.524. The molecule has 1 saturated carbocycles. The number of fused-ring (bicyclic) bond motifs is 1. The van der Waals surface area contributed by atoms with Crippen LogP contribution in [-0.2, 0) is 10.3 Å². The fourth-order valence-corrected chi connectivity index (χ4v) is 3.94. The predicted octanol–water partition coefficient (Wildman–Crippen LogP) is 3.16. The van der Waals surface area contributed by atoms with Gasteiger partial charge in [0.2, 0.25) is 0 Å². The molecule has 2 aromatic heterocycles. The van der Waals surface area contributed by atoms with E-state index in [4.69, 9.17) is 4.74 Å². The highest BCUT2D eigenvalue weighted by molar-refractivity contribution is 5.99. The highest BCUT2D eigenvalue weighted by Crippen LogP contribution is 2.41. The van der Waals surface area contributed by atoms with Gasteiger partial charge >= 0.3 is 6.09 Å². The molecule has 0 bridgehead atoms. The number of alkyl carbamates (subject to hydrolysis) is 1. The van der Waals surface area contributed by atoms with Crippen LogP contribution in [0.4, 0.5) is 16.4 Å². The number of carbonyl (C=O) groups excluding carboxylic acids is 2. The summed E-state index contributed by atoms with van der Waals surface area (Å²) in [6.45, 7) is 8.11. The lowest BCUT2D eigenvalue weighted by Gasteiger charge is -2.34. The highest BCUT2D eigenvalue weighted by Gasteiger charge is 2.37. The molecule has 2 aromatic rings. The van der Waals surface area contributed by atoms with Gasteiger partial charge in [-0.15, -0.1) is 0 Å². The van der Waals surface area contributed by atoms with Crippen molar-refractivity contribution in [3.05, 3.63) is 35.2 Å². The molecule has 0 spiro atoms. The maximum atomic E-state index is 12.0. The van der Waals surface area contributed by atoms with Crippen molar-refractivity contribution in [1.29, 1.82) is 0 Å². The van der Waals surface area contributed by atoms with Gasteiger partial charge in [-0.2, -0.15) is 5.10 Å². The quantitative estimate of drug-likeness (QED) is 0.578. The second-order valence-corrected chi connectivity index (χ2v) is 8.94. The lowest BCUT2D eigenvalue weighted by atomic mass is 9.74. The summed E-state index contributed by atoms with van der Waals surface area (Å²) in [7, 11) is 0. The minimum atomic E-state index is -0.490. The molecule has 9 nitrogen and oxygen atoms in total. The van der Waals surface area contributed by atoms with Gasteiger partial charge in [-0.1, -0.05) is 0 Å². The van der Waals surface area contributed by atoms with Crippen LogP contribution in [-0.4, -0.2) is 39.8 Å². The van der Waals surface area contributed by atoms with E-state index in [1.165, 1.54) is 0 Å². The lowest BCUT2D eigenvalue weighted by molar-refractivity contribution is 0.0922. The number of H-pyrrole nitrogens is 1. The summed E-state index contributed by atoms with van der Waals surface area (Å²) in [5.41, 5.74) is 1.91. The van der Waals surface area contributed by atoms with Crippen LogP contribution in [0.15, 0.2) is 18.2 Å². The zero-order valence-corrected chi connectivity index (χ0v) is 17.7. The van der Waals surface area contributed by atoms with Crippen LogP contribution in [0, 0.1) is 5.92 Å². The molecule has 160 valence electrons. The van der Waals surface area contributed by atoms with Gasteiger partial charge < -0.3 is 20.7 Å². The number of hydrogen-bond acceptors (Lipinski definition) is 6. The first-order chi connectivity index (χ1) is 14.2. The van der Waals surface area contributed by atoms with Crippen molar-refractivity contribution >= 4 is 23.6 Å². The molecule has 1 aliphatic heterocycles. The molecule has 0 saturated heterocycles. The highest BCUT2D eigenvalue weighted by atomic mass is 16.5. The Bertz CT molecular complexity index is 961. The Balaban J connectivity index is 1.31. The molecule has 2 aliphatic rings. The number of aromatic amines is 1. The fourth-order valence-electron chi connectivity index (χ4n) is 3.94. The Kier molecular flexibility index (Phi) is 5.13. The first-order valence-electron chi connectivity index (χ1n) is 10.3. The number of nitrogens with zero attached hydrogens (tertiary/aromatic N) is 2. The number of aromatic nitrogens is 3. The van der Waals surface area contributed by atoms with Gasteiger partial charge in [0.15, 0.2) is 5.82 Å². The third kappa shape index (κ3) is 4.10. The minimum absolute atomic E-state index is 0.0746. The monoisotopic (exact) mass is 412 g/mol. The van der Waals surface area contributed by atoms with E-state index in [0.717, 1.165) is 24.2 Å². The average molecular weight is 412 g/mol.